The van der Waals surface area contributed by atoms with E-state index in [2.05, 4.69) is 35.8 Å². The molecule has 1 fully saturated rings. The van der Waals surface area contributed by atoms with Gasteiger partial charge in [0.25, 0.3) is 20.2 Å². The number of unbranched alkanes of at least 4 members (excludes halogenated alkanes) is 2. The Morgan fingerprint density at radius 1 is 0.765 bits per heavy atom. The second-order valence-electron chi connectivity index (χ2n) is 20.9. The Labute approximate surface area is 476 Å². The number of amides is 6. The molecule has 3 aliphatic heterocycles. The van der Waals surface area contributed by atoms with Crippen molar-refractivity contribution in [2.75, 3.05) is 43.4 Å². The van der Waals surface area contributed by atoms with Crippen LogP contribution in [0.15, 0.2) is 97.2 Å². The Morgan fingerprint density at radius 3 is 2.01 bits per heavy atom. The fourth-order valence-electron chi connectivity index (χ4n) is 9.49. The van der Waals surface area contributed by atoms with Crippen LogP contribution in [0.3, 0.4) is 0 Å². The number of carbonyl (C=O) groups is 6. The van der Waals surface area contributed by atoms with Crippen molar-refractivity contribution in [1.29, 1.82) is 0 Å². The average Bonchev–Trinajstić information content (AvgIpc) is 3.94. The molecular weight excluding hydrogens is 1110 g/mol. The van der Waals surface area contributed by atoms with Gasteiger partial charge in [-0.2, -0.15) is 16.8 Å². The van der Waals surface area contributed by atoms with Crippen LogP contribution in [0, 0.1) is 5.92 Å². The Kier molecular flexibility index (Phi) is 22.4. The number of imide groups is 1. The summed E-state index contributed by atoms with van der Waals surface area (Å²) < 4.78 is 67.4. The van der Waals surface area contributed by atoms with Gasteiger partial charge in [-0.3, -0.25) is 57.7 Å². The minimum atomic E-state index is -4.50. The summed E-state index contributed by atoms with van der Waals surface area (Å²) in [5.41, 5.74) is 30.1. The number of nitrogens with zero attached hydrogens (tertiary/aromatic N) is 5. The van der Waals surface area contributed by atoms with Crippen LogP contribution in [0.25, 0.3) is 0 Å². The Bertz CT molecular complexity index is 3130. The molecule has 28 heteroatoms. The molecule has 0 radical (unpaired) electrons. The summed E-state index contributed by atoms with van der Waals surface area (Å²) in [5, 5.41) is 7.17. The molecule has 5 rings (SSSR count). The smallest absolute Gasteiger partial charge is 0.294 e. The third-order valence-electron chi connectivity index (χ3n) is 14.1. The van der Waals surface area contributed by atoms with Crippen LogP contribution < -0.4 is 49.5 Å². The van der Waals surface area contributed by atoms with Crippen molar-refractivity contribution in [2.45, 2.75) is 130 Å². The van der Waals surface area contributed by atoms with E-state index < -0.39 is 83.9 Å². The van der Waals surface area contributed by atoms with Gasteiger partial charge in [0.05, 0.1) is 26.4 Å². The van der Waals surface area contributed by atoms with Crippen LogP contribution >= 0.6 is 11.8 Å². The molecule has 81 heavy (non-hydrogen) atoms. The predicted molar refractivity (Wildman–Crippen MR) is 310 cm³/mol. The zero-order valence-electron chi connectivity index (χ0n) is 46.1. The maximum Gasteiger partial charge on any atom is 0.294 e. The Balaban J connectivity index is 1.11. The Morgan fingerprint density at radius 2 is 1.38 bits per heavy atom. The molecule has 2 aromatic carbocycles. The van der Waals surface area contributed by atoms with E-state index in [1.165, 1.54) is 24.3 Å². The standard InChI is InChI=1S/C53H75N13O12S3/c1-32(14-12-23-60-50(55)56)47(70)63-38(15-13-24-61-51(57)58)48(71)64-39(46(54)69)31-79-41-30-45(68)66(49(41)72)27-25-59-44(67)18-10-7-11-26-65-40-22-20-34(81(76,77)78)29-36(40)53(4,5)43(65)17-9-6-8-16-42-52(2,3)35-28-33(80(73,74)75)19-21-37(35)62-42/h6,8-9,16-17,19-22,28-29,32,38-39,41H,7,10-15,18,23-27,30-31H2,1-5H3,(H2,54,69)(H,59,67)(H,63,70)(H,64,71)(H4,55,56,60)(H4,57,58,61)(H,73,74,75)(H,76,77,78)/b9-6+,16-8+,43-17+/t32-,38-,39-,41?/m1/s1. The maximum atomic E-state index is 13.5. The number of hydrogen-bond donors (Lipinski definition) is 10. The number of nitrogens with two attached hydrogens (primary N) is 5. The highest BCUT2D eigenvalue weighted by Gasteiger charge is 2.42. The number of anilines is 1. The number of allylic oxidation sites excluding steroid dienone is 6. The number of carbonyl (C=O) groups excluding carboxylic acids is 6. The summed E-state index contributed by atoms with van der Waals surface area (Å²) in [6.07, 6.45) is 12.3. The third kappa shape index (κ3) is 17.7. The molecule has 1 unspecified atom stereocenters. The molecule has 25 nitrogen and oxygen atoms in total. The number of primary amides is 1. The zero-order valence-corrected chi connectivity index (χ0v) is 48.5. The molecule has 0 saturated carbocycles. The van der Waals surface area contributed by atoms with Crippen molar-refractivity contribution in [3.05, 3.63) is 83.6 Å². The summed E-state index contributed by atoms with van der Waals surface area (Å²) in [4.78, 5) is 93.7. The SMILES string of the molecule is C[C@H](CCCN=C(N)N)C(=O)N[C@H](CCCN=C(N)N)C(=O)N[C@H](CSC1CC(=O)N(CCNC(=O)CCCCCN2/C(=C/C=C/C=C/C3=Nc4ccc(S(=O)(=O)O)cc4C3(C)C)C(C)(C)c3cc(S(=O)(=O)O)ccc32)C1=O)C(N)=O. The lowest BCUT2D eigenvalue weighted by Crippen LogP contribution is -2.54. The van der Waals surface area contributed by atoms with Gasteiger partial charge in [0.1, 0.15) is 12.1 Å². The highest BCUT2D eigenvalue weighted by atomic mass is 32.2. The number of aliphatic imine (C=N–C) groups is 3. The molecular formula is C53H75N13O12S3. The van der Waals surface area contributed by atoms with Crippen LogP contribution in [-0.2, 0) is 59.8 Å². The number of nitrogens with one attached hydrogen (secondary N) is 3. The second-order valence-corrected chi connectivity index (χ2v) is 25.0. The minimum Gasteiger partial charge on any atom is -0.370 e. The Hall–Kier alpha value is -7.14. The van der Waals surface area contributed by atoms with E-state index in [1.807, 2.05) is 52.0 Å². The van der Waals surface area contributed by atoms with E-state index in [9.17, 15) is 54.7 Å². The third-order valence-corrected chi connectivity index (χ3v) is 17.1. The zero-order chi connectivity index (χ0) is 60.0. The summed E-state index contributed by atoms with van der Waals surface area (Å²) in [7, 11) is -8.90. The molecule has 4 atom stereocenters. The fourth-order valence-corrected chi connectivity index (χ4v) is 11.7. The fraction of sp³-hybridized carbons (Fsp3) is 0.491. The van der Waals surface area contributed by atoms with Gasteiger partial charge in [-0.15, -0.1) is 11.8 Å². The normalized spacial score (nSPS) is 18.1. The first-order valence-electron chi connectivity index (χ1n) is 26.3. The molecule has 1 saturated heterocycles. The van der Waals surface area contributed by atoms with Gasteiger partial charge < -0.3 is 49.5 Å². The predicted octanol–water partition coefficient (Wildman–Crippen LogP) is 2.07. The number of fused-ring (bicyclic) bond motifs is 2. The number of benzene rings is 2. The van der Waals surface area contributed by atoms with Gasteiger partial charge in [0, 0.05) is 79.5 Å². The van der Waals surface area contributed by atoms with Crippen molar-refractivity contribution in [3.63, 3.8) is 0 Å². The van der Waals surface area contributed by atoms with E-state index >= 15 is 0 Å². The summed E-state index contributed by atoms with van der Waals surface area (Å²) in [6, 6.07) is 6.38. The monoisotopic (exact) mass is 1180 g/mol. The van der Waals surface area contributed by atoms with Gasteiger partial charge in [0.15, 0.2) is 11.9 Å². The maximum absolute atomic E-state index is 13.5. The lowest BCUT2D eigenvalue weighted by Gasteiger charge is -2.27. The van der Waals surface area contributed by atoms with Crippen molar-refractivity contribution in [3.8, 4) is 0 Å². The number of hydrogen-bond acceptors (Lipinski definition) is 15. The first-order valence-corrected chi connectivity index (χ1v) is 30.3. The van der Waals surface area contributed by atoms with E-state index in [0.29, 0.717) is 74.1 Å². The van der Waals surface area contributed by atoms with Gasteiger partial charge >= 0.3 is 0 Å². The summed E-state index contributed by atoms with van der Waals surface area (Å²) in [5.74, 6) is -4.20. The van der Waals surface area contributed by atoms with Gasteiger partial charge in [-0.25, -0.2) is 0 Å². The first kappa shape index (κ1) is 64.7. The lowest BCUT2D eigenvalue weighted by atomic mass is 9.81. The van der Waals surface area contributed by atoms with Crippen LogP contribution in [0.2, 0.25) is 0 Å². The van der Waals surface area contributed by atoms with E-state index in [-0.39, 0.29) is 72.3 Å². The van der Waals surface area contributed by atoms with Crippen LogP contribution in [0.1, 0.15) is 104 Å². The van der Waals surface area contributed by atoms with E-state index in [0.717, 1.165) is 28.0 Å². The van der Waals surface area contributed by atoms with Gasteiger partial charge in [-0.1, -0.05) is 59.3 Å². The highest BCUT2D eigenvalue weighted by molar-refractivity contribution is 8.00. The van der Waals surface area contributed by atoms with E-state index in [4.69, 9.17) is 28.7 Å². The number of likely N-dealkylation sites (tertiary alicyclic amines) is 1. The van der Waals surface area contributed by atoms with Crippen molar-refractivity contribution < 1.29 is 54.7 Å². The summed E-state index contributed by atoms with van der Waals surface area (Å²) in [6.45, 7) is 10.3. The average molecular weight is 1180 g/mol. The van der Waals surface area contributed by atoms with Crippen LogP contribution in [-0.4, -0.2) is 140 Å². The minimum absolute atomic E-state index is 0.00167. The lowest BCUT2D eigenvalue weighted by molar-refractivity contribution is -0.138. The van der Waals surface area contributed by atoms with Crippen LogP contribution in [0.4, 0.5) is 11.4 Å². The van der Waals surface area contributed by atoms with E-state index in [1.54, 1.807) is 25.1 Å². The molecule has 15 N–H and O–H groups in total. The van der Waals surface area contributed by atoms with Gasteiger partial charge in [-0.05, 0) is 98.2 Å². The van der Waals surface area contributed by atoms with Crippen LogP contribution in [0.5, 0.6) is 0 Å². The van der Waals surface area contributed by atoms with Crippen molar-refractivity contribution >= 4 is 96.4 Å². The first-order chi connectivity index (χ1) is 37.9. The molecule has 0 bridgehead atoms. The molecule has 442 valence electrons. The quantitative estimate of drug-likeness (QED) is 0.0134. The largest absolute Gasteiger partial charge is 0.370 e. The topological polar surface area (TPSA) is 421 Å². The molecule has 3 heterocycles. The molecule has 2 aromatic rings. The second kappa shape index (κ2) is 28.0. The highest BCUT2D eigenvalue weighted by Crippen LogP contribution is 2.49. The van der Waals surface area contributed by atoms with Crippen molar-refractivity contribution in [2.24, 2.45) is 49.6 Å². The molecule has 3 aliphatic rings. The number of rotatable bonds is 30. The molecule has 0 aromatic heterocycles. The molecule has 0 aliphatic carbocycles. The number of guanidine groups is 2. The number of thioether (sulfide) groups is 1. The van der Waals surface area contributed by atoms with Gasteiger partial charge in [0.2, 0.25) is 35.4 Å². The molecule has 6 amide bonds. The van der Waals surface area contributed by atoms with Crippen molar-refractivity contribution in [1.82, 2.24) is 20.9 Å². The molecule has 0 spiro atoms. The summed E-state index contributed by atoms with van der Waals surface area (Å²) >= 11 is 0.971.